The van der Waals surface area contributed by atoms with Crippen LogP contribution in [0.1, 0.15) is 21.6 Å². The van der Waals surface area contributed by atoms with E-state index in [1.807, 2.05) is 11.9 Å². The Hall–Kier alpha value is -1.66. The number of hydrogen-bond donors (Lipinski definition) is 1. The first-order valence-corrected chi connectivity index (χ1v) is 6.50. The number of rotatable bonds is 7. The number of methoxy groups -OCH3 is 1. The van der Waals surface area contributed by atoms with Crippen LogP contribution in [0.3, 0.4) is 0 Å². The Morgan fingerprint density at radius 1 is 1.40 bits per heavy atom. The van der Waals surface area contributed by atoms with Gasteiger partial charge in [0.25, 0.3) is 5.56 Å². The highest BCUT2D eigenvalue weighted by atomic mass is 16.5. The molecule has 0 unspecified atom stereocenters. The number of pyridine rings is 1. The van der Waals surface area contributed by atoms with E-state index in [4.69, 9.17) is 4.74 Å². The van der Waals surface area contributed by atoms with Gasteiger partial charge < -0.3 is 19.3 Å². The lowest BCUT2D eigenvalue weighted by molar-refractivity contribution is 0.0694. The number of carbonyl (C=O) groups is 1. The molecule has 0 aliphatic carbocycles. The Kier molecular flexibility index (Phi) is 5.91. The molecule has 0 amide bonds. The van der Waals surface area contributed by atoms with Crippen molar-refractivity contribution < 1.29 is 14.6 Å². The number of aryl methyl sites for hydroxylation is 1. The van der Waals surface area contributed by atoms with Gasteiger partial charge >= 0.3 is 5.97 Å². The molecule has 1 aromatic rings. The molecule has 0 aliphatic rings. The Balaban J connectivity index is 2.93. The molecule has 0 radical (unpaired) electrons. The van der Waals surface area contributed by atoms with Crippen LogP contribution in [0.2, 0.25) is 0 Å². The van der Waals surface area contributed by atoms with Gasteiger partial charge in [-0.1, -0.05) is 0 Å². The molecular weight excluding hydrogens is 260 g/mol. The molecule has 0 aliphatic heterocycles. The van der Waals surface area contributed by atoms with E-state index in [9.17, 15) is 14.7 Å². The number of hydrogen-bond acceptors (Lipinski definition) is 4. The Morgan fingerprint density at radius 2 is 2.05 bits per heavy atom. The molecular formula is C14H22N2O4. The molecule has 1 rings (SSSR count). The average molecular weight is 282 g/mol. The Morgan fingerprint density at radius 3 is 2.60 bits per heavy atom. The predicted octanol–water partition coefficient (Wildman–Crippen LogP) is 0.742. The molecule has 6 nitrogen and oxygen atoms in total. The van der Waals surface area contributed by atoms with Crippen LogP contribution >= 0.6 is 0 Å². The van der Waals surface area contributed by atoms with E-state index < -0.39 is 5.97 Å². The molecule has 0 atom stereocenters. The maximum absolute atomic E-state index is 12.0. The van der Waals surface area contributed by atoms with Crippen molar-refractivity contribution in [3.05, 3.63) is 33.2 Å². The molecule has 6 heteroatoms. The van der Waals surface area contributed by atoms with Crippen molar-refractivity contribution in [1.82, 2.24) is 9.47 Å². The van der Waals surface area contributed by atoms with Gasteiger partial charge in [0.1, 0.15) is 0 Å². The highest BCUT2D eigenvalue weighted by Crippen LogP contribution is 2.11. The molecule has 1 N–H and O–H groups in total. The smallest absolute Gasteiger partial charge is 0.337 e. The van der Waals surface area contributed by atoms with Gasteiger partial charge in [-0.3, -0.25) is 4.79 Å². The van der Waals surface area contributed by atoms with Crippen molar-refractivity contribution in [2.45, 2.75) is 20.4 Å². The topological polar surface area (TPSA) is 71.8 Å². The van der Waals surface area contributed by atoms with Crippen molar-refractivity contribution in [2.75, 3.05) is 33.9 Å². The molecule has 0 bridgehead atoms. The van der Waals surface area contributed by atoms with Gasteiger partial charge in [-0.15, -0.1) is 0 Å². The average Bonchev–Trinajstić information content (AvgIpc) is 2.34. The minimum absolute atomic E-state index is 0.162. The molecule has 112 valence electrons. The van der Waals surface area contributed by atoms with E-state index >= 15 is 0 Å². The molecule has 1 heterocycles. The summed E-state index contributed by atoms with van der Waals surface area (Å²) in [5.74, 6) is -0.999. The third-order valence-corrected chi connectivity index (χ3v) is 3.36. The Bertz CT molecular complexity index is 537. The van der Waals surface area contributed by atoms with Gasteiger partial charge in [0.05, 0.1) is 12.2 Å². The van der Waals surface area contributed by atoms with Crippen LogP contribution in [0.25, 0.3) is 0 Å². The van der Waals surface area contributed by atoms with Crippen molar-refractivity contribution in [2.24, 2.45) is 0 Å². The van der Waals surface area contributed by atoms with Crippen LogP contribution in [0, 0.1) is 13.8 Å². The summed E-state index contributed by atoms with van der Waals surface area (Å²) in [6.07, 6.45) is 0. The summed E-state index contributed by atoms with van der Waals surface area (Å²) in [5, 5.41) is 9.21. The standard InChI is InChI=1S/C14H22N2O4/c1-10-9-12(17)16(11(2)13(10)14(18)19)6-5-15(3)7-8-20-4/h9H,5-8H2,1-4H3,(H,18,19). The summed E-state index contributed by atoms with van der Waals surface area (Å²) in [6, 6.07) is 1.38. The van der Waals surface area contributed by atoms with Crippen LogP contribution in [0.15, 0.2) is 10.9 Å². The fourth-order valence-corrected chi connectivity index (χ4v) is 2.15. The highest BCUT2D eigenvalue weighted by molar-refractivity contribution is 5.90. The second-order valence-electron chi connectivity index (χ2n) is 4.88. The number of nitrogens with zero attached hydrogens (tertiary/aromatic N) is 2. The number of aromatic carboxylic acids is 1. The summed E-state index contributed by atoms with van der Waals surface area (Å²) in [7, 11) is 3.58. The van der Waals surface area contributed by atoms with Gasteiger partial charge in [0, 0.05) is 38.5 Å². The lowest BCUT2D eigenvalue weighted by Gasteiger charge is -2.19. The first-order chi connectivity index (χ1) is 9.38. The van der Waals surface area contributed by atoms with Crippen molar-refractivity contribution in [3.63, 3.8) is 0 Å². The third kappa shape index (κ3) is 3.91. The molecule has 1 aromatic heterocycles. The van der Waals surface area contributed by atoms with Crippen LogP contribution in [0.5, 0.6) is 0 Å². The summed E-state index contributed by atoms with van der Waals surface area (Å²) in [4.78, 5) is 25.3. The number of carboxylic acid groups (broad SMARTS) is 1. The van der Waals surface area contributed by atoms with Gasteiger partial charge in [-0.05, 0) is 26.5 Å². The molecule has 0 aromatic carbocycles. The summed E-state index contributed by atoms with van der Waals surface area (Å²) >= 11 is 0. The zero-order valence-electron chi connectivity index (χ0n) is 12.5. The van der Waals surface area contributed by atoms with Crippen LogP contribution in [-0.4, -0.2) is 54.4 Å². The fraction of sp³-hybridized carbons (Fsp3) is 0.571. The van der Waals surface area contributed by atoms with Crippen molar-refractivity contribution >= 4 is 5.97 Å². The number of likely N-dealkylation sites (N-methyl/N-ethyl adjacent to an activating group) is 1. The zero-order chi connectivity index (χ0) is 15.3. The van der Waals surface area contributed by atoms with E-state index in [-0.39, 0.29) is 11.1 Å². The van der Waals surface area contributed by atoms with Crippen molar-refractivity contribution in [3.8, 4) is 0 Å². The monoisotopic (exact) mass is 282 g/mol. The normalized spacial score (nSPS) is 11.1. The van der Waals surface area contributed by atoms with Gasteiger partial charge in [-0.25, -0.2) is 4.79 Å². The van der Waals surface area contributed by atoms with E-state index in [1.165, 1.54) is 10.6 Å². The zero-order valence-corrected chi connectivity index (χ0v) is 12.5. The summed E-state index contributed by atoms with van der Waals surface area (Å²) < 4.78 is 6.50. The van der Waals surface area contributed by atoms with E-state index in [0.717, 1.165) is 6.54 Å². The molecule has 20 heavy (non-hydrogen) atoms. The molecule has 0 saturated carbocycles. The number of carboxylic acids is 1. The molecule has 0 fully saturated rings. The predicted molar refractivity (Wildman–Crippen MR) is 76.5 cm³/mol. The van der Waals surface area contributed by atoms with Crippen LogP contribution in [0.4, 0.5) is 0 Å². The van der Waals surface area contributed by atoms with E-state index in [0.29, 0.717) is 31.0 Å². The molecule has 0 spiro atoms. The minimum Gasteiger partial charge on any atom is -0.478 e. The summed E-state index contributed by atoms with van der Waals surface area (Å²) in [6.45, 7) is 5.83. The summed E-state index contributed by atoms with van der Waals surface area (Å²) in [5.41, 5.74) is 1.06. The lowest BCUT2D eigenvalue weighted by atomic mass is 10.1. The lowest BCUT2D eigenvalue weighted by Crippen LogP contribution is -2.32. The minimum atomic E-state index is -0.999. The first-order valence-electron chi connectivity index (χ1n) is 6.50. The van der Waals surface area contributed by atoms with E-state index in [2.05, 4.69) is 0 Å². The quantitative estimate of drug-likeness (QED) is 0.798. The SMILES string of the molecule is COCCN(C)CCn1c(C)c(C(=O)O)c(C)cc1=O. The largest absolute Gasteiger partial charge is 0.478 e. The van der Waals surface area contributed by atoms with Crippen molar-refractivity contribution in [1.29, 1.82) is 0 Å². The number of ether oxygens (including phenoxy) is 1. The van der Waals surface area contributed by atoms with Gasteiger partial charge in [0.15, 0.2) is 0 Å². The third-order valence-electron chi connectivity index (χ3n) is 3.36. The van der Waals surface area contributed by atoms with Crippen LogP contribution in [-0.2, 0) is 11.3 Å². The maximum atomic E-state index is 12.0. The van der Waals surface area contributed by atoms with Gasteiger partial charge in [0.2, 0.25) is 0 Å². The van der Waals surface area contributed by atoms with Crippen LogP contribution < -0.4 is 5.56 Å². The first kappa shape index (κ1) is 16.4. The second-order valence-corrected chi connectivity index (χ2v) is 4.88. The highest BCUT2D eigenvalue weighted by Gasteiger charge is 2.15. The maximum Gasteiger partial charge on any atom is 0.337 e. The molecule has 0 saturated heterocycles. The number of aromatic nitrogens is 1. The second kappa shape index (κ2) is 7.21. The fourth-order valence-electron chi connectivity index (χ4n) is 2.15. The van der Waals surface area contributed by atoms with E-state index in [1.54, 1.807) is 21.0 Å². The Labute approximate surface area is 118 Å². The van der Waals surface area contributed by atoms with Gasteiger partial charge in [-0.2, -0.15) is 0 Å².